The summed E-state index contributed by atoms with van der Waals surface area (Å²) in [5.74, 6) is 2.16. The minimum atomic E-state index is -0.213. The third kappa shape index (κ3) is 128. The number of nitrogens with zero attached hydrogens (tertiary/aromatic N) is 1. The van der Waals surface area contributed by atoms with Gasteiger partial charge in [0.2, 0.25) is 0 Å². The van der Waals surface area contributed by atoms with Crippen LogP contribution in [-0.2, 0) is 60.6 Å². The quantitative estimate of drug-likeness (QED) is 0.0136. The Hall–Kier alpha value is -3.64. The normalized spacial score (nSPS) is 9.82. The fourth-order valence-corrected chi connectivity index (χ4v) is 4.54. The highest BCUT2D eigenvalue weighted by molar-refractivity contribution is 5.15. The van der Waals surface area contributed by atoms with Crippen LogP contribution >= 0.6 is 0 Å². The van der Waals surface area contributed by atoms with Crippen LogP contribution < -0.4 is 53.2 Å². The van der Waals surface area contributed by atoms with E-state index in [-0.39, 0.29) is 18.0 Å². The van der Waals surface area contributed by atoms with E-state index in [1.54, 1.807) is 36.0 Å². The second kappa shape index (κ2) is 98.6. The standard InChI is InChI=1S/C10H14FNO.C10H15NO.C7H17NO.2C6H15NO.C6H13NO.C6H11NO.C5H10N2O.C5H13NO.C4H11NO/c1-12-6-7-13-8-9-2-4-10(11)5-3-9;1-11-7-8-12-9-10-5-3-2-4-6-10;1-7(2,3)9-6-5-8-4;1-6(2)8-5-4-7-3;3*1-3-5-8-6-4-7-2;1-7-3-5-8-4-2-6;1-3-7-5-4-6-2;1-5-3-4-6-2/h2-5H,1,6-8,12H2;2-6H,1,7-9,11H2;4-6,8H2,1-3H3;6H,3-5,7H2,1-2H3;2-7H2,1H3;3H,1-2,4-7H2;1H,2,4-7H2;1,3-5,7H2;2-6H2,1H3;1,3-5H2,2H3. The van der Waals surface area contributed by atoms with Gasteiger partial charge in [-0.25, -0.2) is 4.39 Å². The molecule has 0 aliphatic heterocycles. The van der Waals surface area contributed by atoms with Crippen LogP contribution in [0.2, 0.25) is 0 Å². The van der Waals surface area contributed by atoms with E-state index in [0.29, 0.717) is 52.4 Å². The van der Waals surface area contributed by atoms with Crippen LogP contribution in [0.15, 0.2) is 67.3 Å². The molecular weight excluding hydrogens is 1110 g/mol. The van der Waals surface area contributed by atoms with Crippen molar-refractivity contribution in [2.75, 3.05) is 172 Å². The van der Waals surface area contributed by atoms with Gasteiger partial charge in [0.25, 0.3) is 0 Å². The highest BCUT2D eigenvalue weighted by Crippen LogP contribution is 2.05. The molecule has 0 fully saturated rings. The number of terminal acetylenes is 1. The van der Waals surface area contributed by atoms with Gasteiger partial charge in [-0.3, -0.25) is 0 Å². The van der Waals surface area contributed by atoms with Gasteiger partial charge in [-0.05, 0) is 71.2 Å². The average molecular weight is 1250 g/mol. The van der Waals surface area contributed by atoms with Crippen molar-refractivity contribution >= 4 is 0 Å². The predicted molar refractivity (Wildman–Crippen MR) is 347 cm³/mol. The number of halogens is 1. The molecule has 516 valence electrons. The molecule has 0 aliphatic carbocycles. The number of benzene rings is 2. The van der Waals surface area contributed by atoms with E-state index >= 15 is 0 Å². The summed E-state index contributed by atoms with van der Waals surface area (Å²) in [4.78, 5) is 0. The molecule has 2 aromatic rings. The summed E-state index contributed by atoms with van der Waals surface area (Å²) in [5.41, 5.74) is 2.22. The van der Waals surface area contributed by atoms with Crippen LogP contribution in [0.25, 0.3) is 0 Å². The van der Waals surface area contributed by atoms with Gasteiger partial charge >= 0.3 is 0 Å². The summed E-state index contributed by atoms with van der Waals surface area (Å²) in [6.07, 6.45) is 8.11. The SMILES string of the molecule is C#CCOCC[NH2+][CH2-].C=CCOCC[NH2+][CH2-].[CH2-][NH2+]CCOC.[CH2-][NH2+]CCOC(C)(C)C.[CH2-][NH2+]CCOC(C)C.[CH2-][NH2+]CCOCC.[CH2-][NH2+]CCOCC#N.[CH2-][NH2+]CCOCCC.[CH2-][NH2+]CCOCc1ccc(F)cc1.[CH2-][NH2+]CCOCc1ccccc1. The fourth-order valence-electron chi connectivity index (χ4n) is 4.54. The maximum atomic E-state index is 12.5. The van der Waals surface area contributed by atoms with Crippen LogP contribution in [0.4, 0.5) is 4.39 Å². The van der Waals surface area contributed by atoms with Gasteiger partial charge in [0.1, 0.15) is 19.0 Å². The number of hydrogen-bond acceptors (Lipinski definition) is 11. The van der Waals surface area contributed by atoms with E-state index in [1.807, 2.05) is 87.6 Å². The summed E-state index contributed by atoms with van der Waals surface area (Å²) in [6.45, 7) is 38.7. The molecule has 0 amide bonds. The first kappa shape index (κ1) is 99.6. The Kier molecular flexibility index (Phi) is 113. The molecule has 0 unspecified atom stereocenters. The Labute approximate surface area is 532 Å². The van der Waals surface area contributed by atoms with Gasteiger partial charge in [0, 0.05) is 20.3 Å². The topological polar surface area (TPSA) is 282 Å². The Morgan fingerprint density at radius 2 is 0.897 bits per heavy atom. The third-order valence-corrected chi connectivity index (χ3v) is 8.85. The third-order valence-electron chi connectivity index (χ3n) is 8.85. The Morgan fingerprint density at radius 3 is 1.26 bits per heavy atom. The van der Waals surface area contributed by atoms with Gasteiger partial charge < -0.3 is 101 Å². The molecule has 0 heterocycles. The van der Waals surface area contributed by atoms with Crippen molar-refractivity contribution in [2.24, 2.45) is 0 Å². The van der Waals surface area contributed by atoms with E-state index in [0.717, 1.165) is 137 Å². The van der Waals surface area contributed by atoms with E-state index < -0.39 is 0 Å². The predicted octanol–water partition coefficient (Wildman–Crippen LogP) is -3.27. The molecule has 2 aromatic carbocycles. The van der Waals surface area contributed by atoms with E-state index in [4.69, 9.17) is 59.1 Å². The van der Waals surface area contributed by atoms with Crippen molar-refractivity contribution in [2.45, 2.75) is 79.8 Å². The van der Waals surface area contributed by atoms with Gasteiger partial charge in [-0.2, -0.15) is 75.7 Å². The summed E-state index contributed by atoms with van der Waals surface area (Å²) in [7, 11) is 37.3. The number of nitrogens with two attached hydrogens (primary N) is 10. The second-order valence-electron chi connectivity index (χ2n) is 18.5. The van der Waals surface area contributed by atoms with Crippen LogP contribution in [0.3, 0.4) is 0 Å². The van der Waals surface area contributed by atoms with Crippen molar-refractivity contribution < 1.29 is 105 Å². The second-order valence-corrected chi connectivity index (χ2v) is 18.5. The maximum absolute atomic E-state index is 12.5. The first-order valence-corrected chi connectivity index (χ1v) is 30.2. The number of rotatable bonds is 42. The molecule has 0 aliphatic rings. The molecular formula is C65H134FN11O10. The summed E-state index contributed by atoms with van der Waals surface area (Å²) in [5, 5.41) is 26.3. The Bertz CT molecular complexity index is 1500. The van der Waals surface area contributed by atoms with Gasteiger partial charge in [-0.1, -0.05) is 61.4 Å². The number of nitriles is 1. The van der Waals surface area contributed by atoms with Crippen molar-refractivity contribution in [3.63, 3.8) is 0 Å². The zero-order valence-corrected chi connectivity index (χ0v) is 56.2. The van der Waals surface area contributed by atoms with Gasteiger partial charge in [0.05, 0.1) is 169 Å². The Morgan fingerprint density at radius 1 is 0.517 bits per heavy atom. The Balaban J connectivity index is -0.000000134. The first-order chi connectivity index (χ1) is 42.1. The zero-order chi connectivity index (χ0) is 67.2. The van der Waals surface area contributed by atoms with Crippen molar-refractivity contribution in [1.82, 2.24) is 0 Å². The molecule has 0 bridgehead atoms. The van der Waals surface area contributed by atoms with Crippen LogP contribution in [0.5, 0.6) is 0 Å². The lowest BCUT2D eigenvalue weighted by molar-refractivity contribution is -0.598. The lowest BCUT2D eigenvalue weighted by Gasteiger charge is -2.18. The first-order valence-electron chi connectivity index (χ1n) is 30.2. The molecule has 21 nitrogen and oxygen atoms in total. The smallest absolute Gasteiger partial charge is 0.133 e. The van der Waals surface area contributed by atoms with Crippen LogP contribution in [0.1, 0.15) is 66.0 Å². The van der Waals surface area contributed by atoms with Gasteiger partial charge in [-0.15, -0.1) is 13.0 Å². The van der Waals surface area contributed by atoms with Crippen molar-refractivity contribution in [3.8, 4) is 18.4 Å². The highest BCUT2D eigenvalue weighted by Gasteiger charge is 2.08. The minimum Gasteiger partial charge on any atom is -0.477 e. The number of quaternary nitrogens is 10. The summed E-state index contributed by atoms with van der Waals surface area (Å²) >= 11 is 0. The molecule has 0 spiro atoms. The molecule has 0 radical (unpaired) electrons. The zero-order valence-electron chi connectivity index (χ0n) is 56.2. The number of ether oxygens (including phenoxy) is 10. The lowest BCUT2D eigenvalue weighted by Crippen LogP contribution is -2.78. The summed E-state index contributed by atoms with van der Waals surface area (Å²) in [6, 6.07) is 18.4. The average Bonchev–Trinajstić information content (AvgIpc) is 3.66. The largest absolute Gasteiger partial charge is 0.477 e. The molecule has 0 saturated carbocycles. The minimum absolute atomic E-state index is 0.00299. The maximum Gasteiger partial charge on any atom is 0.133 e. The highest BCUT2D eigenvalue weighted by atomic mass is 19.1. The summed E-state index contributed by atoms with van der Waals surface area (Å²) < 4.78 is 63.4. The van der Waals surface area contributed by atoms with E-state index in [2.05, 4.69) is 123 Å². The van der Waals surface area contributed by atoms with E-state index in [1.165, 1.54) is 17.7 Å². The van der Waals surface area contributed by atoms with Crippen LogP contribution in [0, 0.1) is 100.0 Å². The number of hydrogen-bond donors (Lipinski definition) is 10. The molecule has 0 saturated heterocycles. The number of methoxy groups -OCH3 is 1. The van der Waals surface area contributed by atoms with Crippen molar-refractivity contribution in [3.05, 3.63) is 155 Å². The molecule has 20 N–H and O–H groups in total. The molecule has 0 aromatic heterocycles. The molecule has 2 rings (SSSR count). The lowest BCUT2D eigenvalue weighted by atomic mass is 10.2. The fraction of sp³-hybridized carbons (Fsp3) is 0.585. The monoisotopic (exact) mass is 1250 g/mol. The molecule has 22 heteroatoms. The van der Waals surface area contributed by atoms with Gasteiger partial charge in [0.15, 0.2) is 0 Å². The molecule has 87 heavy (non-hydrogen) atoms. The van der Waals surface area contributed by atoms with Crippen molar-refractivity contribution in [1.29, 1.82) is 5.26 Å². The molecule has 0 atom stereocenters. The van der Waals surface area contributed by atoms with Crippen LogP contribution in [-0.4, -0.2) is 183 Å². The van der Waals surface area contributed by atoms with E-state index in [9.17, 15) is 4.39 Å².